The molecule has 0 fully saturated rings. The largest absolute Gasteiger partial charge is 0.341 e. The first-order chi connectivity index (χ1) is 12.7. The molecule has 0 bridgehead atoms. The van der Waals surface area contributed by atoms with Crippen LogP contribution in [0.5, 0.6) is 0 Å². The number of hydrogen-bond donors (Lipinski definition) is 0. The molecule has 4 heteroatoms. The molecular weight excluding hydrogens is 341 g/mol. The smallest absolute Gasteiger partial charge is 0.249 e. The summed E-state index contributed by atoms with van der Waals surface area (Å²) in [7, 11) is -0.199. The van der Waals surface area contributed by atoms with Crippen LogP contribution in [0.2, 0.25) is 0 Å². The van der Waals surface area contributed by atoms with E-state index in [9.17, 15) is 9.36 Å². The van der Waals surface area contributed by atoms with Crippen LogP contribution in [0.15, 0.2) is 60.7 Å². The van der Waals surface area contributed by atoms with Gasteiger partial charge in [0.2, 0.25) is 5.91 Å². The van der Waals surface area contributed by atoms with Crippen LogP contribution in [-0.4, -0.2) is 23.9 Å². The molecule has 0 radical (unpaired) electrons. The van der Waals surface area contributed by atoms with Gasteiger partial charge >= 0.3 is 0 Å². The van der Waals surface area contributed by atoms with Gasteiger partial charge in [0.05, 0.1) is 0 Å². The Morgan fingerprint density at radius 3 is 1.62 bits per heavy atom. The van der Waals surface area contributed by atoms with Gasteiger partial charge in [0.25, 0.3) is 0 Å². The first kappa shape index (κ1) is 20.3. The number of amides is 1. The first-order valence-electron chi connectivity index (χ1n) is 9.45. The van der Waals surface area contributed by atoms with Crippen molar-refractivity contribution in [2.24, 2.45) is 0 Å². The summed E-state index contributed by atoms with van der Waals surface area (Å²) >= 11 is 0. The maximum atomic E-state index is 13.7. The van der Waals surface area contributed by atoms with Crippen LogP contribution in [0.4, 0.5) is 0 Å². The van der Waals surface area contributed by atoms with Crippen LogP contribution in [0.1, 0.15) is 50.7 Å². The molecule has 0 N–H and O–H groups in total. The van der Waals surface area contributed by atoms with E-state index in [1.54, 1.807) is 0 Å². The molecule has 2 aromatic rings. The predicted molar refractivity (Wildman–Crippen MR) is 108 cm³/mol. The minimum absolute atomic E-state index is 0.0755. The molecule has 3 nitrogen and oxygen atoms in total. The average Bonchev–Trinajstić information content (AvgIpc) is 2.70. The summed E-state index contributed by atoms with van der Waals surface area (Å²) < 4.78 is 12.6. The summed E-state index contributed by atoms with van der Waals surface area (Å²) in [5.74, 6) is -0.0755. The Bertz CT molecular complexity index is 640. The van der Waals surface area contributed by atoms with Crippen LogP contribution in [0.25, 0.3) is 0 Å². The van der Waals surface area contributed by atoms with E-state index in [-0.39, 0.29) is 14.4 Å². The summed E-state index contributed by atoms with van der Waals surface area (Å²) in [6.07, 6.45) is 3.94. The maximum Gasteiger partial charge on any atom is 0.249 e. The third-order valence-electron chi connectivity index (χ3n) is 4.68. The van der Waals surface area contributed by atoms with E-state index >= 15 is 0 Å². The van der Waals surface area contributed by atoms with Crippen LogP contribution >= 0.6 is 8.46 Å². The molecule has 0 aliphatic rings. The Morgan fingerprint density at radius 2 is 1.27 bits per heavy atom. The van der Waals surface area contributed by atoms with Crippen LogP contribution in [-0.2, 0) is 14.5 Å². The van der Waals surface area contributed by atoms with Gasteiger partial charge in [-0.25, -0.2) is 0 Å². The monoisotopic (exact) mass is 369 g/mol. The SMILES string of the molecule is CCCCN(CCCC)C(=O)C(P=O)(c1ccccc1)c1ccccc1. The van der Waals surface area contributed by atoms with Crippen molar-refractivity contribution in [3.63, 3.8) is 0 Å². The van der Waals surface area contributed by atoms with Crippen molar-refractivity contribution in [1.82, 2.24) is 4.90 Å². The van der Waals surface area contributed by atoms with E-state index in [4.69, 9.17) is 0 Å². The molecule has 0 heterocycles. The van der Waals surface area contributed by atoms with E-state index < -0.39 is 5.16 Å². The lowest BCUT2D eigenvalue weighted by molar-refractivity contribution is -0.133. The molecule has 0 saturated carbocycles. The Morgan fingerprint density at radius 1 is 0.846 bits per heavy atom. The number of nitrogens with zero attached hydrogens (tertiary/aromatic N) is 1. The van der Waals surface area contributed by atoms with E-state index in [2.05, 4.69) is 13.8 Å². The molecule has 1 amide bonds. The topological polar surface area (TPSA) is 37.4 Å². The molecule has 0 aliphatic heterocycles. The Hall–Kier alpha value is -1.99. The molecule has 0 atom stereocenters. The number of carbonyl (C=O) groups excluding carboxylic acids is 1. The van der Waals surface area contributed by atoms with Crippen molar-refractivity contribution in [2.45, 2.75) is 44.7 Å². The second-order valence-electron chi connectivity index (χ2n) is 6.53. The molecule has 2 aromatic carbocycles. The quantitative estimate of drug-likeness (QED) is 0.508. The highest BCUT2D eigenvalue weighted by Crippen LogP contribution is 2.43. The van der Waals surface area contributed by atoms with Crippen LogP contribution in [0, 0.1) is 0 Å². The van der Waals surface area contributed by atoms with Crippen molar-refractivity contribution < 1.29 is 9.36 Å². The predicted octanol–water partition coefficient (Wildman–Crippen LogP) is 5.65. The van der Waals surface area contributed by atoms with Crippen molar-refractivity contribution >= 4 is 14.4 Å². The first-order valence-corrected chi connectivity index (χ1v) is 10.3. The van der Waals surface area contributed by atoms with Gasteiger partial charge in [-0.3, -0.25) is 9.36 Å². The van der Waals surface area contributed by atoms with Gasteiger partial charge in [-0.05, 0) is 24.0 Å². The normalized spacial score (nSPS) is 11.5. The van der Waals surface area contributed by atoms with Gasteiger partial charge < -0.3 is 4.90 Å². The van der Waals surface area contributed by atoms with Gasteiger partial charge in [0.15, 0.2) is 13.6 Å². The molecular formula is C22H28NO2P. The summed E-state index contributed by atoms with van der Waals surface area (Å²) in [4.78, 5) is 15.6. The minimum Gasteiger partial charge on any atom is -0.341 e. The minimum atomic E-state index is -1.19. The second-order valence-corrected chi connectivity index (χ2v) is 7.39. The number of hydrogen-bond acceptors (Lipinski definition) is 2. The molecule has 2 rings (SSSR count). The third kappa shape index (κ3) is 4.40. The molecule has 26 heavy (non-hydrogen) atoms. The third-order valence-corrected chi connectivity index (χ3v) is 5.66. The molecule has 0 saturated heterocycles. The molecule has 0 aliphatic carbocycles. The fourth-order valence-electron chi connectivity index (χ4n) is 3.16. The molecule has 0 aromatic heterocycles. The summed E-state index contributed by atoms with van der Waals surface area (Å²) in [5.41, 5.74) is 1.54. The zero-order chi connectivity index (χ0) is 18.8. The zero-order valence-corrected chi connectivity index (χ0v) is 16.6. The molecule has 0 unspecified atom stereocenters. The fraction of sp³-hybridized carbons (Fsp3) is 0.409. The lowest BCUT2D eigenvalue weighted by Crippen LogP contribution is -2.45. The van der Waals surface area contributed by atoms with Crippen molar-refractivity contribution in [2.75, 3.05) is 13.1 Å². The standard InChI is InChI=1S/C22H28NO2P/c1-3-5-17-23(18-6-4-2)21(24)22(26-25,19-13-9-7-10-14-19)20-15-11-8-12-16-20/h7-16H,3-6,17-18H2,1-2H3. The average molecular weight is 369 g/mol. The van der Waals surface area contributed by atoms with E-state index in [0.29, 0.717) is 13.1 Å². The summed E-state index contributed by atoms with van der Waals surface area (Å²) in [6, 6.07) is 19.0. The maximum absolute atomic E-state index is 13.7. The highest BCUT2D eigenvalue weighted by atomic mass is 31.1. The number of benzene rings is 2. The van der Waals surface area contributed by atoms with Crippen molar-refractivity contribution in [3.05, 3.63) is 71.8 Å². The van der Waals surface area contributed by atoms with E-state index in [1.807, 2.05) is 65.6 Å². The lowest BCUT2D eigenvalue weighted by Gasteiger charge is -2.33. The van der Waals surface area contributed by atoms with E-state index in [1.165, 1.54) is 0 Å². The highest BCUT2D eigenvalue weighted by Gasteiger charge is 2.45. The fourth-order valence-corrected chi connectivity index (χ4v) is 3.89. The molecule has 138 valence electrons. The van der Waals surface area contributed by atoms with Crippen molar-refractivity contribution in [1.29, 1.82) is 0 Å². The van der Waals surface area contributed by atoms with Crippen molar-refractivity contribution in [3.8, 4) is 0 Å². The number of carbonyl (C=O) groups is 1. The number of rotatable bonds is 10. The van der Waals surface area contributed by atoms with Gasteiger partial charge in [-0.15, -0.1) is 0 Å². The van der Waals surface area contributed by atoms with Gasteiger partial charge in [-0.1, -0.05) is 87.4 Å². The van der Waals surface area contributed by atoms with Gasteiger partial charge in [0.1, 0.15) is 0 Å². The Kier molecular flexibility index (Phi) is 8.00. The van der Waals surface area contributed by atoms with E-state index in [0.717, 1.165) is 36.8 Å². The number of unbranched alkanes of at least 4 members (excludes halogenated alkanes) is 2. The van der Waals surface area contributed by atoms with Gasteiger partial charge in [0, 0.05) is 13.1 Å². The second kappa shape index (κ2) is 10.2. The lowest BCUT2D eigenvalue weighted by atomic mass is 9.88. The van der Waals surface area contributed by atoms with Crippen LogP contribution in [0.3, 0.4) is 0 Å². The Balaban J connectivity index is 2.54. The summed E-state index contributed by atoms with van der Waals surface area (Å²) in [5, 5.41) is -1.19. The van der Waals surface area contributed by atoms with Crippen LogP contribution < -0.4 is 0 Å². The van der Waals surface area contributed by atoms with Gasteiger partial charge in [-0.2, -0.15) is 0 Å². The Labute approximate surface area is 158 Å². The zero-order valence-electron chi connectivity index (χ0n) is 15.7. The highest BCUT2D eigenvalue weighted by molar-refractivity contribution is 7.27. The summed E-state index contributed by atoms with van der Waals surface area (Å²) in [6.45, 7) is 5.64. The molecule has 0 spiro atoms.